The lowest BCUT2D eigenvalue weighted by Crippen LogP contribution is -2.38. The number of hydrogen-bond acceptors (Lipinski definition) is 3. The van der Waals surface area contributed by atoms with Crippen LogP contribution in [0.5, 0.6) is 0 Å². The van der Waals surface area contributed by atoms with Crippen molar-refractivity contribution < 1.29 is 4.39 Å². The molecule has 1 aromatic carbocycles. The molecule has 1 heterocycles. The third-order valence-corrected chi connectivity index (χ3v) is 3.42. The van der Waals surface area contributed by atoms with Gasteiger partial charge < -0.3 is 15.2 Å². The maximum absolute atomic E-state index is 13.1. The number of rotatable bonds is 8. The average Bonchev–Trinajstić information content (AvgIpc) is 3.06. The summed E-state index contributed by atoms with van der Waals surface area (Å²) in [6.45, 7) is 2.48. The van der Waals surface area contributed by atoms with Gasteiger partial charge in [0.05, 0.1) is 0 Å². The third-order valence-electron chi connectivity index (χ3n) is 3.42. The minimum atomic E-state index is -0.196. The number of aromatic nitrogens is 3. The highest BCUT2D eigenvalue weighted by Gasteiger charge is 1.99. The van der Waals surface area contributed by atoms with Crippen LogP contribution in [0.2, 0.25) is 0 Å². The minimum absolute atomic E-state index is 0. The van der Waals surface area contributed by atoms with Crippen LogP contribution in [0.4, 0.5) is 4.39 Å². The van der Waals surface area contributed by atoms with Gasteiger partial charge in [-0.3, -0.25) is 4.99 Å². The Kier molecular flexibility index (Phi) is 9.97. The van der Waals surface area contributed by atoms with Crippen molar-refractivity contribution in [1.29, 1.82) is 0 Å². The number of nitrogens with one attached hydrogen (secondary N) is 2. The Hall–Kier alpha value is -1.71. The number of hydrogen-bond donors (Lipinski definition) is 2. The van der Waals surface area contributed by atoms with E-state index in [0.717, 1.165) is 43.9 Å². The number of unbranched alkanes of at least 4 members (excludes halogenated alkanes) is 1. The van der Waals surface area contributed by atoms with Crippen LogP contribution in [0.15, 0.2) is 41.9 Å². The van der Waals surface area contributed by atoms with E-state index in [9.17, 15) is 4.39 Å². The van der Waals surface area contributed by atoms with Crippen molar-refractivity contribution in [1.82, 2.24) is 25.4 Å². The highest BCUT2D eigenvalue weighted by molar-refractivity contribution is 14.0. The molecule has 0 unspecified atom stereocenters. The largest absolute Gasteiger partial charge is 0.356 e. The van der Waals surface area contributed by atoms with Crippen molar-refractivity contribution in [3.8, 4) is 0 Å². The summed E-state index contributed by atoms with van der Waals surface area (Å²) in [5, 5.41) is 14.0. The van der Waals surface area contributed by atoms with Gasteiger partial charge in [0.25, 0.3) is 0 Å². The summed E-state index contributed by atoms with van der Waals surface area (Å²) in [4.78, 5) is 4.18. The maximum atomic E-state index is 13.1. The predicted molar refractivity (Wildman–Crippen MR) is 104 cm³/mol. The summed E-state index contributed by atoms with van der Waals surface area (Å²) < 4.78 is 15.1. The van der Waals surface area contributed by atoms with Crippen molar-refractivity contribution in [3.05, 3.63) is 48.3 Å². The molecule has 0 radical (unpaired) electrons. The molecule has 0 spiro atoms. The summed E-state index contributed by atoms with van der Waals surface area (Å²) >= 11 is 0. The topological polar surface area (TPSA) is 67.1 Å². The number of nitrogens with zero attached hydrogens (tertiary/aromatic N) is 4. The first kappa shape index (κ1) is 20.3. The molecule has 132 valence electrons. The summed E-state index contributed by atoms with van der Waals surface area (Å²) in [5.41, 5.74) is 0.974. The maximum Gasteiger partial charge on any atom is 0.190 e. The number of aryl methyl sites for hydroxylation is 1. The summed E-state index contributed by atoms with van der Waals surface area (Å²) in [6, 6.07) is 6.67. The molecule has 0 saturated heterocycles. The molecule has 0 bridgehead atoms. The average molecular weight is 446 g/mol. The summed E-state index contributed by atoms with van der Waals surface area (Å²) in [5.74, 6) is 0.573. The predicted octanol–water partition coefficient (Wildman–Crippen LogP) is 2.22. The van der Waals surface area contributed by atoms with E-state index in [1.54, 1.807) is 31.8 Å². The van der Waals surface area contributed by atoms with Crippen LogP contribution < -0.4 is 10.6 Å². The fourth-order valence-corrected chi connectivity index (χ4v) is 2.20. The van der Waals surface area contributed by atoms with Crippen molar-refractivity contribution in [3.63, 3.8) is 0 Å². The van der Waals surface area contributed by atoms with Gasteiger partial charge in [0.2, 0.25) is 0 Å². The van der Waals surface area contributed by atoms with E-state index in [-0.39, 0.29) is 29.8 Å². The Morgan fingerprint density at radius 3 is 2.62 bits per heavy atom. The van der Waals surface area contributed by atoms with Gasteiger partial charge in [-0.05, 0) is 37.0 Å². The first-order valence-electron chi connectivity index (χ1n) is 7.79. The lowest BCUT2D eigenvalue weighted by molar-refractivity contribution is 0.597. The van der Waals surface area contributed by atoms with Gasteiger partial charge in [-0.25, -0.2) is 4.39 Å². The van der Waals surface area contributed by atoms with Gasteiger partial charge in [-0.2, -0.15) is 0 Å². The van der Waals surface area contributed by atoms with Crippen LogP contribution in [-0.2, 0) is 13.0 Å². The molecule has 0 saturated carbocycles. The SMILES string of the molecule is CN=C(NCCCCn1cnnc1)NCCc1cccc(F)c1.I. The number of aliphatic imine (C=N–C) groups is 1. The molecule has 2 N–H and O–H groups in total. The molecule has 2 rings (SSSR count). The van der Waals surface area contributed by atoms with Crippen LogP contribution >= 0.6 is 24.0 Å². The Balaban J connectivity index is 0.00000288. The zero-order valence-corrected chi connectivity index (χ0v) is 16.1. The quantitative estimate of drug-likeness (QED) is 0.283. The van der Waals surface area contributed by atoms with E-state index in [2.05, 4.69) is 25.8 Å². The van der Waals surface area contributed by atoms with Crippen molar-refractivity contribution >= 4 is 29.9 Å². The third kappa shape index (κ3) is 7.71. The summed E-state index contributed by atoms with van der Waals surface area (Å²) in [6.07, 6.45) is 6.28. The van der Waals surface area contributed by atoms with Gasteiger partial charge in [0.15, 0.2) is 5.96 Å². The molecule has 6 nitrogen and oxygen atoms in total. The van der Waals surface area contributed by atoms with Gasteiger partial charge in [-0.15, -0.1) is 34.2 Å². The Morgan fingerprint density at radius 1 is 1.17 bits per heavy atom. The van der Waals surface area contributed by atoms with E-state index in [0.29, 0.717) is 6.54 Å². The molecular weight excluding hydrogens is 422 g/mol. The fourth-order valence-electron chi connectivity index (χ4n) is 2.20. The second kappa shape index (κ2) is 11.8. The highest BCUT2D eigenvalue weighted by Crippen LogP contribution is 2.03. The van der Waals surface area contributed by atoms with Crippen LogP contribution in [0.25, 0.3) is 0 Å². The molecule has 0 aliphatic carbocycles. The molecule has 2 aromatic rings. The zero-order valence-electron chi connectivity index (χ0n) is 13.8. The van der Waals surface area contributed by atoms with E-state index >= 15 is 0 Å². The summed E-state index contributed by atoms with van der Waals surface area (Å²) in [7, 11) is 1.74. The van der Waals surface area contributed by atoms with E-state index in [1.165, 1.54) is 6.07 Å². The van der Waals surface area contributed by atoms with E-state index in [4.69, 9.17) is 0 Å². The van der Waals surface area contributed by atoms with E-state index < -0.39 is 0 Å². The molecule has 0 atom stereocenters. The highest BCUT2D eigenvalue weighted by atomic mass is 127. The first-order valence-corrected chi connectivity index (χ1v) is 7.79. The molecule has 8 heteroatoms. The van der Waals surface area contributed by atoms with Crippen LogP contribution in [0.3, 0.4) is 0 Å². The molecule has 24 heavy (non-hydrogen) atoms. The second-order valence-electron chi connectivity index (χ2n) is 5.21. The lowest BCUT2D eigenvalue weighted by atomic mass is 10.1. The van der Waals surface area contributed by atoms with Gasteiger partial charge in [-0.1, -0.05) is 12.1 Å². The lowest BCUT2D eigenvalue weighted by Gasteiger charge is -2.12. The Bertz CT molecular complexity index is 602. The first-order chi connectivity index (χ1) is 11.3. The smallest absolute Gasteiger partial charge is 0.190 e. The minimum Gasteiger partial charge on any atom is -0.356 e. The Morgan fingerprint density at radius 2 is 1.92 bits per heavy atom. The molecule has 0 aliphatic heterocycles. The second-order valence-corrected chi connectivity index (χ2v) is 5.21. The van der Waals surface area contributed by atoms with Gasteiger partial charge in [0, 0.05) is 26.7 Å². The zero-order chi connectivity index (χ0) is 16.3. The van der Waals surface area contributed by atoms with Gasteiger partial charge >= 0.3 is 0 Å². The number of guanidine groups is 1. The van der Waals surface area contributed by atoms with Crippen LogP contribution in [0.1, 0.15) is 18.4 Å². The van der Waals surface area contributed by atoms with Crippen molar-refractivity contribution in [2.45, 2.75) is 25.8 Å². The fraction of sp³-hybridized carbons (Fsp3) is 0.438. The molecule has 0 aliphatic rings. The molecule has 1 aromatic heterocycles. The van der Waals surface area contributed by atoms with Gasteiger partial charge in [0.1, 0.15) is 18.5 Å². The monoisotopic (exact) mass is 446 g/mol. The van der Waals surface area contributed by atoms with E-state index in [1.807, 2.05) is 10.6 Å². The van der Waals surface area contributed by atoms with Crippen LogP contribution in [0, 0.1) is 5.82 Å². The normalized spacial score (nSPS) is 11.0. The van der Waals surface area contributed by atoms with Crippen molar-refractivity contribution in [2.24, 2.45) is 4.99 Å². The Labute approximate surface area is 159 Å². The standard InChI is InChI=1S/C16H23FN6.HI/c1-18-16(19-8-2-3-10-23-12-21-22-13-23)20-9-7-14-5-4-6-15(17)11-14;/h4-6,11-13H,2-3,7-10H2,1H3,(H2,18,19,20);1H. The van der Waals surface area contributed by atoms with Crippen LogP contribution in [-0.4, -0.2) is 40.9 Å². The van der Waals surface area contributed by atoms with Crippen molar-refractivity contribution in [2.75, 3.05) is 20.1 Å². The molecule has 0 fully saturated rings. The number of halogens is 2. The molecular formula is C16H24FIN6. The number of benzene rings is 1. The molecule has 0 amide bonds.